The summed E-state index contributed by atoms with van der Waals surface area (Å²) in [6.45, 7) is 8.38. The predicted molar refractivity (Wildman–Crippen MR) is 159 cm³/mol. The number of halogens is 1. The molecule has 0 aliphatic carbocycles. The van der Waals surface area contributed by atoms with Gasteiger partial charge in [-0.3, -0.25) is 9.59 Å². The number of thioether (sulfide) groups is 1. The van der Waals surface area contributed by atoms with Gasteiger partial charge in [0.25, 0.3) is 0 Å². The highest BCUT2D eigenvalue weighted by molar-refractivity contribution is 8.17. The number of alkyl halides is 1. The number of carbonyl (C=O) groups excluding carboxylic acids is 1. The molecule has 1 aromatic carbocycles. The van der Waals surface area contributed by atoms with E-state index in [1.165, 1.54) is 13.0 Å². The Bertz CT molecular complexity index is 1270. The molecule has 2 aromatic heterocycles. The number of pyridine rings is 1. The first-order valence-corrected chi connectivity index (χ1v) is 15.1. The molecule has 0 aliphatic rings. The number of carboxylic acids is 1. The standard InChI is InChI=1S/C21H21N3O4S2.C3H5FO.2C2H6/c1-29-20(12-7-10-17-15-24-13-6-5-11-19(24)22-17)30(27,28)23-18(21(25)26)14-16-8-3-2-4-9-16;1-3(5)2-4;2*1-2/h2-13,15,18,23H,14H2,1H3,(H,25,26);2H2,1H3;2*1-2H3/b10-7+,20-12+;;;. The number of hydrogen-bond acceptors (Lipinski definition) is 6. The molecule has 3 aromatic rings. The number of sulfonamides is 1. The Labute approximate surface area is 235 Å². The first kappa shape index (κ1) is 35.7. The second-order valence-electron chi connectivity index (χ2n) is 7.22. The van der Waals surface area contributed by atoms with E-state index in [4.69, 9.17) is 0 Å². The van der Waals surface area contributed by atoms with Gasteiger partial charge in [-0.2, -0.15) is 4.72 Å². The second-order valence-corrected chi connectivity index (χ2v) is 10.0. The van der Waals surface area contributed by atoms with Crippen molar-refractivity contribution in [1.82, 2.24) is 14.1 Å². The minimum absolute atomic E-state index is 0.0156. The van der Waals surface area contributed by atoms with Crippen molar-refractivity contribution in [2.24, 2.45) is 0 Å². The Hall–Kier alpha value is -3.28. The highest BCUT2D eigenvalue weighted by Crippen LogP contribution is 2.20. The zero-order valence-corrected chi connectivity index (χ0v) is 24.8. The Balaban J connectivity index is 0.00000142. The van der Waals surface area contributed by atoms with Crippen LogP contribution in [0, 0.1) is 0 Å². The lowest BCUT2D eigenvalue weighted by molar-refractivity contribution is -0.138. The van der Waals surface area contributed by atoms with Crippen LogP contribution in [0.25, 0.3) is 11.7 Å². The average molecular weight is 580 g/mol. The van der Waals surface area contributed by atoms with Crippen LogP contribution < -0.4 is 4.72 Å². The maximum atomic E-state index is 12.7. The third-order valence-corrected chi connectivity index (χ3v) is 7.37. The van der Waals surface area contributed by atoms with Crippen molar-refractivity contribution in [2.45, 2.75) is 47.1 Å². The quantitative estimate of drug-likeness (QED) is 0.293. The van der Waals surface area contributed by atoms with Crippen LogP contribution in [0.1, 0.15) is 45.9 Å². The molecule has 0 spiro atoms. The van der Waals surface area contributed by atoms with Gasteiger partial charge in [0, 0.05) is 12.4 Å². The summed E-state index contributed by atoms with van der Waals surface area (Å²) in [4.78, 5) is 25.4. The molecule has 1 unspecified atom stereocenters. The number of ketones is 1. The van der Waals surface area contributed by atoms with Crippen LogP contribution in [-0.4, -0.2) is 53.6 Å². The number of fused-ring (bicyclic) bond motifs is 1. The topological polar surface area (TPSA) is 118 Å². The van der Waals surface area contributed by atoms with Crippen LogP contribution in [0.4, 0.5) is 4.39 Å². The number of carbonyl (C=O) groups is 2. The SMILES string of the molecule is CC.CC.CC(=O)CF.CS/C(=C\C=C\c1cn2ccccc2n1)S(=O)(=O)NC(Cc1ccccc1)C(=O)O. The fourth-order valence-electron chi connectivity index (χ4n) is 2.80. The third kappa shape index (κ3) is 13.4. The van der Waals surface area contributed by atoms with Crippen LogP contribution in [0.3, 0.4) is 0 Å². The summed E-state index contributed by atoms with van der Waals surface area (Å²) >= 11 is 1.02. The average Bonchev–Trinajstić information content (AvgIpc) is 3.36. The highest BCUT2D eigenvalue weighted by atomic mass is 32.3. The molecule has 3 rings (SSSR count). The maximum Gasteiger partial charge on any atom is 0.322 e. The fourth-order valence-corrected chi connectivity index (χ4v) is 4.97. The highest BCUT2D eigenvalue weighted by Gasteiger charge is 2.26. The smallest absolute Gasteiger partial charge is 0.322 e. The molecule has 2 heterocycles. The van der Waals surface area contributed by atoms with E-state index in [9.17, 15) is 27.5 Å². The van der Waals surface area contributed by atoms with Gasteiger partial charge in [-0.1, -0.05) is 70.2 Å². The van der Waals surface area contributed by atoms with Crippen molar-refractivity contribution in [2.75, 3.05) is 12.9 Å². The van der Waals surface area contributed by atoms with E-state index in [2.05, 4.69) is 9.71 Å². The second kappa shape index (κ2) is 19.7. The normalized spacial score (nSPS) is 11.8. The Morgan fingerprint density at radius 3 is 2.21 bits per heavy atom. The van der Waals surface area contributed by atoms with E-state index in [0.29, 0.717) is 5.69 Å². The van der Waals surface area contributed by atoms with E-state index < -0.39 is 34.5 Å². The predicted octanol–water partition coefficient (Wildman–Crippen LogP) is 5.76. The van der Waals surface area contributed by atoms with E-state index in [1.807, 2.05) is 68.8 Å². The van der Waals surface area contributed by atoms with E-state index in [1.54, 1.807) is 42.7 Å². The van der Waals surface area contributed by atoms with Crippen LogP contribution in [0.15, 0.2) is 77.3 Å². The van der Waals surface area contributed by atoms with Gasteiger partial charge in [0.2, 0.25) is 10.0 Å². The molecule has 0 bridgehead atoms. The minimum Gasteiger partial charge on any atom is -0.480 e. The summed E-state index contributed by atoms with van der Waals surface area (Å²) in [7, 11) is -4.00. The molecule has 2 N–H and O–H groups in total. The zero-order valence-electron chi connectivity index (χ0n) is 23.2. The van der Waals surface area contributed by atoms with Crippen molar-refractivity contribution in [3.63, 3.8) is 0 Å². The lowest BCUT2D eigenvalue weighted by Gasteiger charge is -2.15. The number of nitrogens with one attached hydrogen (secondary N) is 1. The molecule has 214 valence electrons. The summed E-state index contributed by atoms with van der Waals surface area (Å²) in [5, 5.41) is 9.47. The van der Waals surface area contributed by atoms with Crippen molar-refractivity contribution < 1.29 is 27.5 Å². The molecule has 1 atom stereocenters. The third-order valence-electron chi connectivity index (χ3n) is 4.41. The Morgan fingerprint density at radius 2 is 1.69 bits per heavy atom. The Morgan fingerprint density at radius 1 is 1.10 bits per heavy atom. The molecule has 11 heteroatoms. The molecule has 0 aliphatic heterocycles. The number of aromatic nitrogens is 2. The van der Waals surface area contributed by atoms with E-state index >= 15 is 0 Å². The number of rotatable bonds is 10. The van der Waals surface area contributed by atoms with Crippen LogP contribution in [-0.2, 0) is 26.0 Å². The molecule has 8 nitrogen and oxygen atoms in total. The zero-order chi connectivity index (χ0) is 29.8. The molecule has 0 amide bonds. The molecular weight excluding hydrogens is 541 g/mol. The van der Waals surface area contributed by atoms with Crippen molar-refractivity contribution in [3.05, 3.63) is 88.6 Å². The molecule has 0 radical (unpaired) electrons. The largest absolute Gasteiger partial charge is 0.480 e. The number of carboxylic acid groups (broad SMARTS) is 1. The summed E-state index contributed by atoms with van der Waals surface area (Å²) < 4.78 is 40.4. The number of hydrogen-bond donors (Lipinski definition) is 2. The van der Waals surface area contributed by atoms with Gasteiger partial charge in [-0.15, -0.1) is 11.8 Å². The summed E-state index contributed by atoms with van der Waals surface area (Å²) in [5.74, 6) is -1.65. The van der Waals surface area contributed by atoms with Crippen LogP contribution in [0.5, 0.6) is 0 Å². The number of imidazole rings is 1. The summed E-state index contributed by atoms with van der Waals surface area (Å²) in [6.07, 6.45) is 10.1. The minimum atomic E-state index is -4.00. The number of benzene rings is 1. The van der Waals surface area contributed by atoms with Gasteiger partial charge in [-0.25, -0.2) is 17.8 Å². The first-order valence-electron chi connectivity index (χ1n) is 12.4. The van der Waals surface area contributed by atoms with Gasteiger partial charge in [0.1, 0.15) is 22.6 Å². The monoisotopic (exact) mass is 579 g/mol. The first-order chi connectivity index (χ1) is 18.7. The van der Waals surface area contributed by atoms with Gasteiger partial charge < -0.3 is 9.51 Å². The fraction of sp³-hybridized carbons (Fsp3) is 0.321. The number of Topliss-reactive ketones (excluding diaryl/α,β-unsaturated/α-hetero) is 1. The maximum absolute atomic E-state index is 12.7. The molecule has 0 saturated heterocycles. The van der Waals surface area contributed by atoms with Crippen molar-refractivity contribution in [3.8, 4) is 0 Å². The molecular formula is C28H38FN3O5S2. The van der Waals surface area contributed by atoms with Crippen molar-refractivity contribution in [1.29, 1.82) is 0 Å². The summed E-state index contributed by atoms with van der Waals surface area (Å²) in [6, 6.07) is 13.3. The Kier molecular flexibility index (Phi) is 18.1. The van der Waals surface area contributed by atoms with E-state index in [-0.39, 0.29) is 10.7 Å². The molecule has 39 heavy (non-hydrogen) atoms. The number of allylic oxidation sites excluding steroid dienone is 2. The number of aliphatic carboxylic acids is 1. The lowest BCUT2D eigenvalue weighted by atomic mass is 10.1. The van der Waals surface area contributed by atoms with E-state index in [0.717, 1.165) is 23.0 Å². The lowest BCUT2D eigenvalue weighted by Crippen LogP contribution is -2.42. The van der Waals surface area contributed by atoms with Crippen LogP contribution in [0.2, 0.25) is 0 Å². The van der Waals surface area contributed by atoms with Crippen LogP contribution >= 0.6 is 11.8 Å². The molecule has 0 fully saturated rings. The van der Waals surface area contributed by atoms with Gasteiger partial charge in [-0.05, 0) is 49.4 Å². The summed E-state index contributed by atoms with van der Waals surface area (Å²) in [5.41, 5.74) is 2.19. The molecule has 0 saturated carbocycles. The van der Waals surface area contributed by atoms with Gasteiger partial charge in [0.05, 0.1) is 5.69 Å². The van der Waals surface area contributed by atoms with Gasteiger partial charge >= 0.3 is 5.97 Å². The van der Waals surface area contributed by atoms with Gasteiger partial charge in [0.15, 0.2) is 5.78 Å². The number of nitrogens with zero attached hydrogens (tertiary/aromatic N) is 2. The van der Waals surface area contributed by atoms with Crippen molar-refractivity contribution >= 4 is 45.3 Å².